The molecule has 3 heterocycles. The van der Waals surface area contributed by atoms with Crippen molar-refractivity contribution in [2.75, 3.05) is 31.1 Å². The van der Waals surface area contributed by atoms with Crippen LogP contribution in [0.4, 0.5) is 5.13 Å². The van der Waals surface area contributed by atoms with E-state index in [1.54, 1.807) is 11.3 Å². The number of rotatable bonds is 3. The molecule has 0 aromatic carbocycles. The molecule has 1 aliphatic rings. The third-order valence-electron chi connectivity index (χ3n) is 3.35. The molecule has 1 aliphatic heterocycles. The smallest absolute Gasteiger partial charge is 0.185 e. The van der Waals surface area contributed by atoms with Crippen molar-refractivity contribution in [2.45, 2.75) is 19.9 Å². The highest BCUT2D eigenvalue weighted by molar-refractivity contribution is 7.13. The highest BCUT2D eigenvalue weighted by Crippen LogP contribution is 2.23. The van der Waals surface area contributed by atoms with E-state index in [9.17, 15) is 0 Å². The number of thiazole rings is 1. The van der Waals surface area contributed by atoms with E-state index < -0.39 is 0 Å². The molecule has 8 heteroatoms. The number of hydrogen-bond acceptors (Lipinski definition) is 7. The van der Waals surface area contributed by atoms with Gasteiger partial charge in [0, 0.05) is 49.6 Å². The van der Waals surface area contributed by atoms with Crippen LogP contribution in [0.25, 0.3) is 0 Å². The van der Waals surface area contributed by atoms with Crippen LogP contribution in [0.15, 0.2) is 5.38 Å². The fraction of sp³-hybridized carbons (Fsp3) is 0.583. The van der Waals surface area contributed by atoms with Crippen molar-refractivity contribution in [3.63, 3.8) is 0 Å². The van der Waals surface area contributed by atoms with Gasteiger partial charge in [0.15, 0.2) is 5.13 Å². The lowest BCUT2D eigenvalue weighted by Crippen LogP contribution is -2.30. The standard InChI is InChI=1S/C12H16ClN5S2/c1-9-8-19-12(14-9)18-4-2-3-17(5-6-18)7-10-11(13)20-16-15-10/h8H,2-7H2,1H3. The fourth-order valence-corrected chi connectivity index (χ4v) is 3.78. The Morgan fingerprint density at radius 3 is 2.90 bits per heavy atom. The summed E-state index contributed by atoms with van der Waals surface area (Å²) in [7, 11) is 0. The Balaban J connectivity index is 1.61. The molecule has 0 saturated carbocycles. The first-order valence-corrected chi connectivity index (χ1v) is 8.61. The van der Waals surface area contributed by atoms with Crippen molar-refractivity contribution in [3.8, 4) is 0 Å². The molecule has 3 rings (SSSR count). The van der Waals surface area contributed by atoms with Crippen molar-refractivity contribution >= 4 is 39.6 Å². The molecule has 108 valence electrons. The third kappa shape index (κ3) is 3.28. The monoisotopic (exact) mass is 329 g/mol. The molecule has 0 spiro atoms. The lowest BCUT2D eigenvalue weighted by molar-refractivity contribution is 0.282. The Morgan fingerprint density at radius 2 is 2.20 bits per heavy atom. The molecule has 0 N–H and O–H groups in total. The average molecular weight is 330 g/mol. The summed E-state index contributed by atoms with van der Waals surface area (Å²) >= 11 is 9.06. The van der Waals surface area contributed by atoms with Crippen LogP contribution in [0.5, 0.6) is 0 Å². The van der Waals surface area contributed by atoms with Gasteiger partial charge in [-0.1, -0.05) is 16.1 Å². The van der Waals surface area contributed by atoms with Crippen molar-refractivity contribution in [2.24, 2.45) is 0 Å². The van der Waals surface area contributed by atoms with Gasteiger partial charge in [-0.25, -0.2) is 4.98 Å². The molecular formula is C12H16ClN5S2. The van der Waals surface area contributed by atoms with Crippen LogP contribution in [0.2, 0.25) is 4.34 Å². The van der Waals surface area contributed by atoms with Gasteiger partial charge in [0.25, 0.3) is 0 Å². The van der Waals surface area contributed by atoms with Crippen LogP contribution in [-0.2, 0) is 6.54 Å². The maximum atomic E-state index is 6.08. The normalized spacial score (nSPS) is 17.4. The van der Waals surface area contributed by atoms with Crippen LogP contribution < -0.4 is 4.90 Å². The Hall–Kier alpha value is -0.760. The van der Waals surface area contributed by atoms with Gasteiger partial charge < -0.3 is 4.90 Å². The Bertz CT molecular complexity index is 570. The Labute approximate surface area is 131 Å². The molecule has 0 bridgehead atoms. The molecule has 1 fully saturated rings. The lowest BCUT2D eigenvalue weighted by atomic mass is 10.3. The summed E-state index contributed by atoms with van der Waals surface area (Å²) in [5.41, 5.74) is 2.00. The maximum absolute atomic E-state index is 6.08. The van der Waals surface area contributed by atoms with Crippen molar-refractivity contribution in [1.82, 2.24) is 19.5 Å². The van der Waals surface area contributed by atoms with E-state index in [0.717, 1.165) is 55.7 Å². The first-order valence-electron chi connectivity index (χ1n) is 6.58. The van der Waals surface area contributed by atoms with E-state index in [-0.39, 0.29) is 0 Å². The molecule has 0 radical (unpaired) electrons. The zero-order valence-corrected chi connectivity index (χ0v) is 13.6. The molecule has 0 amide bonds. The number of halogens is 1. The number of aryl methyl sites for hydroxylation is 1. The molecule has 0 unspecified atom stereocenters. The second kappa shape index (κ2) is 6.34. The molecule has 20 heavy (non-hydrogen) atoms. The molecule has 5 nitrogen and oxygen atoms in total. The number of nitrogens with zero attached hydrogens (tertiary/aromatic N) is 5. The van der Waals surface area contributed by atoms with Gasteiger partial charge in [-0.05, 0) is 13.3 Å². The van der Waals surface area contributed by atoms with Gasteiger partial charge in [0.05, 0.1) is 5.69 Å². The fourth-order valence-electron chi connectivity index (χ4n) is 2.31. The summed E-state index contributed by atoms with van der Waals surface area (Å²) in [6.45, 7) is 6.97. The van der Waals surface area contributed by atoms with Crippen LogP contribution >= 0.6 is 34.5 Å². The van der Waals surface area contributed by atoms with E-state index in [0.29, 0.717) is 4.34 Å². The van der Waals surface area contributed by atoms with Gasteiger partial charge in [0.1, 0.15) is 10.0 Å². The summed E-state index contributed by atoms with van der Waals surface area (Å²) in [4.78, 5) is 9.34. The molecular weight excluding hydrogens is 314 g/mol. The topological polar surface area (TPSA) is 45.2 Å². The predicted octanol–water partition coefficient (Wildman–Crippen LogP) is 2.67. The van der Waals surface area contributed by atoms with Crippen LogP contribution in [0.3, 0.4) is 0 Å². The molecule has 2 aromatic rings. The number of hydrogen-bond donors (Lipinski definition) is 0. The minimum atomic E-state index is 0.710. The van der Waals surface area contributed by atoms with Gasteiger partial charge in [-0.2, -0.15) is 0 Å². The molecule has 0 aliphatic carbocycles. The van der Waals surface area contributed by atoms with E-state index >= 15 is 0 Å². The second-order valence-corrected chi connectivity index (χ2v) is 7.07. The highest BCUT2D eigenvalue weighted by Gasteiger charge is 2.19. The largest absolute Gasteiger partial charge is 0.347 e. The van der Waals surface area contributed by atoms with E-state index in [2.05, 4.69) is 29.8 Å². The highest BCUT2D eigenvalue weighted by atomic mass is 35.5. The first-order chi connectivity index (χ1) is 9.72. The SMILES string of the molecule is Cc1csc(N2CCCN(Cc3nnsc3Cl)CC2)n1. The molecule has 1 saturated heterocycles. The minimum absolute atomic E-state index is 0.710. The summed E-state index contributed by atoms with van der Waals surface area (Å²) in [5, 5.41) is 7.34. The molecule has 0 atom stereocenters. The van der Waals surface area contributed by atoms with E-state index in [1.807, 2.05) is 6.92 Å². The summed E-state index contributed by atoms with van der Waals surface area (Å²) in [6, 6.07) is 0. The van der Waals surface area contributed by atoms with Crippen LogP contribution in [-0.4, -0.2) is 45.6 Å². The summed E-state index contributed by atoms with van der Waals surface area (Å²) < 4.78 is 4.60. The predicted molar refractivity (Wildman–Crippen MR) is 83.9 cm³/mol. The van der Waals surface area contributed by atoms with Gasteiger partial charge >= 0.3 is 0 Å². The number of aromatic nitrogens is 3. The average Bonchev–Trinajstić information content (AvgIpc) is 2.95. The first kappa shape index (κ1) is 14.2. The second-order valence-electron chi connectivity index (χ2n) is 4.88. The summed E-state index contributed by atoms with van der Waals surface area (Å²) in [6.07, 6.45) is 1.13. The van der Waals surface area contributed by atoms with Crippen molar-refractivity contribution in [3.05, 3.63) is 21.1 Å². The Kier molecular flexibility index (Phi) is 4.50. The van der Waals surface area contributed by atoms with E-state index in [4.69, 9.17) is 11.6 Å². The van der Waals surface area contributed by atoms with Crippen LogP contribution in [0, 0.1) is 6.92 Å². The Morgan fingerprint density at radius 1 is 1.30 bits per heavy atom. The zero-order chi connectivity index (χ0) is 13.9. The lowest BCUT2D eigenvalue weighted by Gasteiger charge is -2.20. The molecule has 2 aromatic heterocycles. The van der Waals surface area contributed by atoms with Gasteiger partial charge in [0.2, 0.25) is 0 Å². The van der Waals surface area contributed by atoms with Gasteiger partial charge in [-0.15, -0.1) is 16.4 Å². The van der Waals surface area contributed by atoms with Crippen molar-refractivity contribution in [1.29, 1.82) is 0 Å². The minimum Gasteiger partial charge on any atom is -0.347 e. The maximum Gasteiger partial charge on any atom is 0.185 e. The third-order valence-corrected chi connectivity index (χ3v) is 5.35. The van der Waals surface area contributed by atoms with E-state index in [1.165, 1.54) is 11.5 Å². The quantitative estimate of drug-likeness (QED) is 0.866. The summed E-state index contributed by atoms with van der Waals surface area (Å²) in [5.74, 6) is 0. The van der Waals surface area contributed by atoms with Crippen molar-refractivity contribution < 1.29 is 0 Å². The zero-order valence-electron chi connectivity index (χ0n) is 11.3. The number of anilines is 1. The van der Waals surface area contributed by atoms with Crippen LogP contribution in [0.1, 0.15) is 17.8 Å². The van der Waals surface area contributed by atoms with Gasteiger partial charge in [-0.3, -0.25) is 4.90 Å².